The minimum absolute atomic E-state index is 0.0835. The molecule has 2 aromatic heterocycles. The summed E-state index contributed by atoms with van der Waals surface area (Å²) in [7, 11) is 0. The summed E-state index contributed by atoms with van der Waals surface area (Å²) in [6, 6.07) is 19.9. The second-order valence-corrected chi connectivity index (χ2v) is 11.5. The molecule has 0 atom stereocenters. The van der Waals surface area contributed by atoms with Gasteiger partial charge in [0.25, 0.3) is 11.9 Å². The molecule has 2 fully saturated rings. The number of hydrogen-bond acceptors (Lipinski definition) is 8. The van der Waals surface area contributed by atoms with Crippen LogP contribution in [0.25, 0.3) is 0 Å². The van der Waals surface area contributed by atoms with Crippen molar-refractivity contribution in [1.29, 1.82) is 0 Å². The van der Waals surface area contributed by atoms with Gasteiger partial charge < -0.3 is 30.0 Å². The molecule has 2 aliphatic heterocycles. The van der Waals surface area contributed by atoms with Gasteiger partial charge in [0.15, 0.2) is 5.69 Å². The van der Waals surface area contributed by atoms with Crippen LogP contribution in [0.5, 0.6) is 0 Å². The van der Waals surface area contributed by atoms with Crippen molar-refractivity contribution in [3.8, 4) is 0 Å². The maximum Gasteiger partial charge on any atom is 0.437 e. The van der Waals surface area contributed by atoms with Gasteiger partial charge in [0.2, 0.25) is 5.76 Å². The molecule has 46 heavy (non-hydrogen) atoms. The van der Waals surface area contributed by atoms with Gasteiger partial charge in [-0.1, -0.05) is 42.5 Å². The monoisotopic (exact) mass is 634 g/mol. The fraction of sp³-hybridized carbons (Fsp3) is 0.333. The van der Waals surface area contributed by atoms with E-state index in [1.54, 1.807) is 41.3 Å². The summed E-state index contributed by atoms with van der Waals surface area (Å²) in [5, 5.41) is 15.2. The van der Waals surface area contributed by atoms with Crippen LogP contribution in [-0.4, -0.2) is 59.2 Å². The number of aromatic nitrogens is 2. The van der Waals surface area contributed by atoms with Crippen molar-refractivity contribution in [3.63, 3.8) is 0 Å². The number of rotatable bonds is 8. The number of pyridine rings is 1. The number of para-hydroxylation sites is 1. The van der Waals surface area contributed by atoms with Crippen molar-refractivity contribution in [2.24, 2.45) is 0 Å². The Kier molecular flexibility index (Phi) is 8.82. The van der Waals surface area contributed by atoms with Crippen molar-refractivity contribution in [2.45, 2.75) is 43.8 Å². The van der Waals surface area contributed by atoms with Crippen LogP contribution >= 0.6 is 0 Å². The number of nitrogens with zero attached hydrogens (tertiary/aromatic N) is 4. The molecule has 0 bridgehead atoms. The van der Waals surface area contributed by atoms with Gasteiger partial charge in [0, 0.05) is 37.9 Å². The van der Waals surface area contributed by atoms with Crippen LogP contribution < -0.4 is 20.4 Å². The largest absolute Gasteiger partial charge is 0.478 e. The molecule has 4 aromatic rings. The van der Waals surface area contributed by atoms with E-state index in [9.17, 15) is 27.9 Å². The minimum atomic E-state index is -4.88. The van der Waals surface area contributed by atoms with E-state index in [0.717, 1.165) is 25.7 Å². The molecule has 0 saturated carbocycles. The van der Waals surface area contributed by atoms with E-state index in [1.165, 1.54) is 11.8 Å². The number of carbonyl (C=O) groups is 2. The summed E-state index contributed by atoms with van der Waals surface area (Å²) in [5.41, 5.74) is 0.830. The number of carboxylic acid groups (broad SMARTS) is 1. The highest BCUT2D eigenvalue weighted by Crippen LogP contribution is 2.36. The quantitative estimate of drug-likeness (QED) is 0.199. The zero-order valence-corrected chi connectivity index (χ0v) is 24.8. The summed E-state index contributed by atoms with van der Waals surface area (Å²) in [4.78, 5) is 36.3. The smallest absolute Gasteiger partial charge is 0.437 e. The fourth-order valence-electron chi connectivity index (χ4n) is 6.02. The lowest BCUT2D eigenvalue weighted by molar-refractivity contribution is -0.141. The van der Waals surface area contributed by atoms with Crippen molar-refractivity contribution in [1.82, 2.24) is 9.97 Å². The molecular weight excluding hydrogens is 601 g/mol. The highest BCUT2D eigenvalue weighted by atomic mass is 19.4. The molecule has 240 valence electrons. The molecule has 10 nitrogen and oxygen atoms in total. The van der Waals surface area contributed by atoms with Crippen LogP contribution in [0.4, 0.5) is 36.4 Å². The number of halogens is 3. The Labute approximate surface area is 263 Å². The van der Waals surface area contributed by atoms with Crippen LogP contribution in [0, 0.1) is 0 Å². The predicted octanol–water partition coefficient (Wildman–Crippen LogP) is 6.50. The van der Waals surface area contributed by atoms with Gasteiger partial charge in [0.1, 0.15) is 5.82 Å². The zero-order valence-electron chi connectivity index (χ0n) is 24.8. The standard InChI is InChI=1S/C33H33F3N6O4/c34-33(35,36)29-28(46-32(40-29)42-16-12-22(13-17-42)21-6-2-1-3-7-21)30(43)39-24-10-11-27(37-20-24)41-18-14-23(15-19-41)38-26-9-5-4-8-25(26)31(44)45/h1-11,20,22-23,38H,12-19H2,(H,39,43)(H,44,45). The lowest BCUT2D eigenvalue weighted by atomic mass is 9.90. The molecule has 0 spiro atoms. The molecule has 0 unspecified atom stereocenters. The number of benzene rings is 2. The lowest BCUT2D eigenvalue weighted by Crippen LogP contribution is -2.39. The molecule has 13 heteroatoms. The van der Waals surface area contributed by atoms with Crippen molar-refractivity contribution in [2.75, 3.05) is 46.6 Å². The summed E-state index contributed by atoms with van der Waals surface area (Å²) in [6.07, 6.45) is -0.562. The Bertz CT molecular complexity index is 1660. The van der Waals surface area contributed by atoms with E-state index in [2.05, 4.69) is 25.5 Å². The molecule has 3 N–H and O–H groups in total. The second kappa shape index (κ2) is 13.1. The highest BCUT2D eigenvalue weighted by molar-refractivity contribution is 6.03. The topological polar surface area (TPSA) is 124 Å². The third kappa shape index (κ3) is 6.93. The Hall–Kier alpha value is -5.07. The van der Waals surface area contributed by atoms with Crippen LogP contribution in [0.15, 0.2) is 77.3 Å². The average Bonchev–Trinajstić information content (AvgIpc) is 3.53. The van der Waals surface area contributed by atoms with Crippen LogP contribution in [-0.2, 0) is 6.18 Å². The van der Waals surface area contributed by atoms with Crippen molar-refractivity contribution in [3.05, 3.63) is 95.5 Å². The molecule has 1 amide bonds. The lowest BCUT2D eigenvalue weighted by Gasteiger charge is -2.34. The molecular formula is C33H33F3N6O4. The Balaban J connectivity index is 1.06. The van der Waals surface area contributed by atoms with Crippen molar-refractivity contribution < 1.29 is 32.3 Å². The van der Waals surface area contributed by atoms with E-state index >= 15 is 0 Å². The van der Waals surface area contributed by atoms with Crippen molar-refractivity contribution >= 4 is 35.1 Å². The Morgan fingerprint density at radius 1 is 0.870 bits per heavy atom. The average molecular weight is 635 g/mol. The third-order valence-electron chi connectivity index (χ3n) is 8.47. The van der Waals surface area contributed by atoms with E-state index in [1.807, 2.05) is 30.3 Å². The van der Waals surface area contributed by atoms with Crippen LogP contribution in [0.3, 0.4) is 0 Å². The Morgan fingerprint density at radius 2 is 1.54 bits per heavy atom. The fourth-order valence-corrected chi connectivity index (χ4v) is 6.02. The maximum absolute atomic E-state index is 13.9. The number of carboxylic acids is 1. The molecule has 0 aliphatic carbocycles. The van der Waals surface area contributed by atoms with Gasteiger partial charge in [-0.05, 0) is 61.4 Å². The van der Waals surface area contributed by atoms with Crippen LogP contribution in [0.2, 0.25) is 0 Å². The first-order chi connectivity index (χ1) is 22.2. The number of nitrogens with one attached hydrogen (secondary N) is 2. The predicted molar refractivity (Wildman–Crippen MR) is 167 cm³/mol. The number of aromatic carboxylic acids is 1. The first kappa shape index (κ1) is 30.9. The highest BCUT2D eigenvalue weighted by Gasteiger charge is 2.42. The van der Waals surface area contributed by atoms with Gasteiger partial charge in [0.05, 0.1) is 17.4 Å². The van der Waals surface area contributed by atoms with Gasteiger partial charge >= 0.3 is 12.1 Å². The number of piperidine rings is 2. The maximum atomic E-state index is 13.9. The van der Waals surface area contributed by atoms with E-state index < -0.39 is 29.5 Å². The Morgan fingerprint density at radius 3 is 2.20 bits per heavy atom. The summed E-state index contributed by atoms with van der Waals surface area (Å²) in [5.74, 6) is -2.00. The van der Waals surface area contributed by atoms with E-state index in [4.69, 9.17) is 4.42 Å². The first-order valence-electron chi connectivity index (χ1n) is 15.1. The molecule has 2 aromatic carbocycles. The second-order valence-electron chi connectivity index (χ2n) is 11.5. The van der Waals surface area contributed by atoms with Gasteiger partial charge in [-0.15, -0.1) is 0 Å². The SMILES string of the molecule is O=C(O)c1ccccc1NC1CCN(c2ccc(NC(=O)c3oc(N4CCC(c5ccccc5)CC4)nc3C(F)(F)F)cn2)CC1. The van der Waals surface area contributed by atoms with Crippen LogP contribution in [0.1, 0.15) is 63.8 Å². The van der Waals surface area contributed by atoms with E-state index in [-0.39, 0.29) is 29.2 Å². The zero-order chi connectivity index (χ0) is 32.3. The molecule has 2 aliphatic rings. The summed E-state index contributed by atoms with van der Waals surface area (Å²) >= 11 is 0. The van der Waals surface area contributed by atoms with Gasteiger partial charge in [-0.3, -0.25) is 4.79 Å². The number of oxazole rings is 1. The van der Waals surface area contributed by atoms with Gasteiger partial charge in [-0.25, -0.2) is 9.78 Å². The molecule has 6 rings (SSSR count). The first-order valence-corrected chi connectivity index (χ1v) is 15.1. The number of hydrogen-bond donors (Lipinski definition) is 3. The number of anilines is 4. The number of carbonyl (C=O) groups excluding carboxylic acids is 1. The van der Waals surface area contributed by atoms with E-state index in [0.29, 0.717) is 37.7 Å². The third-order valence-corrected chi connectivity index (χ3v) is 8.47. The number of amides is 1. The molecule has 4 heterocycles. The summed E-state index contributed by atoms with van der Waals surface area (Å²) < 4.78 is 47.2. The van der Waals surface area contributed by atoms with Gasteiger partial charge in [-0.2, -0.15) is 18.2 Å². The summed E-state index contributed by atoms with van der Waals surface area (Å²) in [6.45, 7) is 2.22. The number of alkyl halides is 3. The minimum Gasteiger partial charge on any atom is -0.478 e. The molecule has 0 radical (unpaired) electrons. The molecule has 2 saturated heterocycles. The normalized spacial score (nSPS) is 16.3.